The first kappa shape index (κ1) is 28.7. The van der Waals surface area contributed by atoms with E-state index in [9.17, 15) is 9.59 Å². The number of methoxy groups -OCH3 is 1. The monoisotopic (exact) mass is 546 g/mol. The number of Topliss-reactive ketones (excluding diaryl/α,β-unsaturated/α-hetero) is 1. The topological polar surface area (TPSA) is 71.1 Å². The van der Waals surface area contributed by atoms with Crippen LogP contribution in [0.5, 0.6) is 5.75 Å². The van der Waals surface area contributed by atoms with E-state index >= 15 is 0 Å². The standard InChI is InChI=1S/C32H38O6Si/c1-32(2,3)39(29-11-7-5-8-12-29,30-13-9-6-10-14-30)37-23-28(21-27-19-25(33)20-31(34)38-27)36-22-24-15-17-26(35-4)18-16-24/h5-18,27-28H,19-23H2,1-4H3/t27-,28?/m0/s1. The van der Waals surface area contributed by atoms with Crippen molar-refractivity contribution in [1.82, 2.24) is 0 Å². The average Bonchev–Trinajstić information content (AvgIpc) is 2.92. The molecule has 0 saturated carbocycles. The van der Waals surface area contributed by atoms with Crippen LogP contribution in [0.1, 0.15) is 45.6 Å². The van der Waals surface area contributed by atoms with Crippen molar-refractivity contribution in [1.29, 1.82) is 0 Å². The molecule has 1 aliphatic heterocycles. The first-order valence-corrected chi connectivity index (χ1v) is 15.3. The lowest BCUT2D eigenvalue weighted by Gasteiger charge is -2.43. The van der Waals surface area contributed by atoms with Crippen molar-refractivity contribution in [2.24, 2.45) is 0 Å². The molecule has 1 heterocycles. The van der Waals surface area contributed by atoms with Crippen LogP contribution >= 0.6 is 0 Å². The molecular formula is C32H38O6Si. The van der Waals surface area contributed by atoms with Gasteiger partial charge < -0.3 is 18.6 Å². The minimum absolute atomic E-state index is 0.0990. The summed E-state index contributed by atoms with van der Waals surface area (Å²) in [4.78, 5) is 24.1. The first-order chi connectivity index (χ1) is 18.7. The Balaban J connectivity index is 1.63. The van der Waals surface area contributed by atoms with Crippen molar-refractivity contribution >= 4 is 30.4 Å². The third-order valence-electron chi connectivity index (χ3n) is 7.17. The van der Waals surface area contributed by atoms with Gasteiger partial charge in [0, 0.05) is 12.8 Å². The summed E-state index contributed by atoms with van der Waals surface area (Å²) in [6, 6.07) is 28.6. The van der Waals surface area contributed by atoms with Gasteiger partial charge in [0.1, 0.15) is 24.1 Å². The summed E-state index contributed by atoms with van der Waals surface area (Å²) >= 11 is 0. The van der Waals surface area contributed by atoms with Crippen molar-refractivity contribution in [2.45, 2.75) is 63.9 Å². The molecule has 1 fully saturated rings. The number of carbonyl (C=O) groups excluding carboxylic acids is 2. The minimum Gasteiger partial charge on any atom is -0.497 e. The van der Waals surface area contributed by atoms with Crippen LogP contribution in [0.25, 0.3) is 0 Å². The Labute approximate surface area is 232 Å². The number of benzene rings is 3. The molecule has 0 aromatic heterocycles. The first-order valence-electron chi connectivity index (χ1n) is 13.4. The maximum atomic E-state index is 12.1. The Morgan fingerprint density at radius 3 is 2.00 bits per heavy atom. The fraction of sp³-hybridized carbons (Fsp3) is 0.375. The highest BCUT2D eigenvalue weighted by atomic mass is 28.4. The second kappa shape index (κ2) is 12.7. The second-order valence-corrected chi connectivity index (χ2v) is 15.3. The maximum absolute atomic E-state index is 12.1. The predicted molar refractivity (Wildman–Crippen MR) is 154 cm³/mol. The fourth-order valence-corrected chi connectivity index (χ4v) is 9.87. The number of ether oxygens (including phenoxy) is 3. The predicted octanol–water partition coefficient (Wildman–Crippen LogP) is 4.82. The zero-order chi connectivity index (χ0) is 27.9. The number of cyclic esters (lactones) is 1. The van der Waals surface area contributed by atoms with E-state index in [2.05, 4.69) is 69.3 Å². The molecule has 6 nitrogen and oxygen atoms in total. The molecule has 39 heavy (non-hydrogen) atoms. The summed E-state index contributed by atoms with van der Waals surface area (Å²) in [6.07, 6.45) is -0.495. The van der Waals surface area contributed by atoms with Crippen LogP contribution in [0.2, 0.25) is 5.04 Å². The van der Waals surface area contributed by atoms with E-state index in [1.807, 2.05) is 36.4 Å². The van der Waals surface area contributed by atoms with Gasteiger partial charge in [-0.15, -0.1) is 0 Å². The summed E-state index contributed by atoms with van der Waals surface area (Å²) in [5.41, 5.74) is 0.989. The second-order valence-electron chi connectivity index (χ2n) is 11.0. The molecular weight excluding hydrogens is 508 g/mol. The Morgan fingerprint density at radius 2 is 1.49 bits per heavy atom. The van der Waals surface area contributed by atoms with E-state index in [0.29, 0.717) is 19.6 Å². The largest absolute Gasteiger partial charge is 0.497 e. The number of hydrogen-bond acceptors (Lipinski definition) is 6. The highest BCUT2D eigenvalue weighted by Gasteiger charge is 2.50. The molecule has 3 aromatic carbocycles. The number of esters is 1. The summed E-state index contributed by atoms with van der Waals surface area (Å²) in [5.74, 6) is 0.203. The number of ketones is 1. The molecule has 0 amide bonds. The number of hydrogen-bond donors (Lipinski definition) is 0. The molecule has 0 N–H and O–H groups in total. The molecule has 1 unspecified atom stereocenters. The van der Waals surface area contributed by atoms with Crippen LogP contribution in [0.15, 0.2) is 84.9 Å². The van der Waals surface area contributed by atoms with Crippen molar-refractivity contribution in [3.8, 4) is 5.75 Å². The molecule has 7 heteroatoms. The van der Waals surface area contributed by atoms with Gasteiger partial charge in [-0.25, -0.2) is 0 Å². The zero-order valence-electron chi connectivity index (χ0n) is 23.2. The molecule has 0 aliphatic carbocycles. The van der Waals surface area contributed by atoms with Gasteiger partial charge >= 0.3 is 5.97 Å². The van der Waals surface area contributed by atoms with Gasteiger partial charge in [-0.1, -0.05) is 93.6 Å². The third kappa shape index (κ3) is 7.04. The Bertz CT molecular complexity index is 1170. The van der Waals surface area contributed by atoms with E-state index in [1.54, 1.807) is 7.11 Å². The van der Waals surface area contributed by atoms with E-state index in [0.717, 1.165) is 11.3 Å². The summed E-state index contributed by atoms with van der Waals surface area (Å²) < 4.78 is 24.3. The SMILES string of the molecule is COc1ccc(COC(CO[Si](c2ccccc2)(c2ccccc2)C(C)(C)C)C[C@@H]2CC(=O)CC(=O)O2)cc1. The molecule has 2 atom stereocenters. The van der Waals surface area contributed by atoms with E-state index < -0.39 is 26.5 Å². The van der Waals surface area contributed by atoms with E-state index in [1.165, 1.54) is 10.4 Å². The molecule has 3 aromatic rings. The van der Waals surface area contributed by atoms with Crippen LogP contribution in [-0.4, -0.2) is 46.0 Å². The molecule has 4 rings (SSSR count). The maximum Gasteiger partial charge on any atom is 0.313 e. The van der Waals surface area contributed by atoms with Gasteiger partial charge in [-0.05, 0) is 33.1 Å². The lowest BCUT2D eigenvalue weighted by atomic mass is 10.0. The van der Waals surface area contributed by atoms with Crippen LogP contribution in [0.4, 0.5) is 0 Å². The van der Waals surface area contributed by atoms with Gasteiger partial charge in [0.2, 0.25) is 0 Å². The van der Waals surface area contributed by atoms with Gasteiger partial charge in [0.25, 0.3) is 8.32 Å². The number of carbonyl (C=O) groups is 2. The quantitative estimate of drug-likeness (QED) is 0.195. The Kier molecular flexibility index (Phi) is 9.38. The summed E-state index contributed by atoms with van der Waals surface area (Å²) in [6.45, 7) is 7.34. The van der Waals surface area contributed by atoms with Crippen molar-refractivity contribution in [3.63, 3.8) is 0 Å². The molecule has 1 saturated heterocycles. The normalized spacial score (nSPS) is 17.0. The highest BCUT2D eigenvalue weighted by Crippen LogP contribution is 2.37. The Hall–Kier alpha value is -3.26. The van der Waals surface area contributed by atoms with E-state index in [4.69, 9.17) is 18.6 Å². The summed E-state index contributed by atoms with van der Waals surface area (Å²) in [7, 11) is -1.16. The lowest BCUT2D eigenvalue weighted by Crippen LogP contribution is -2.67. The van der Waals surface area contributed by atoms with Gasteiger partial charge in [-0.3, -0.25) is 9.59 Å². The van der Waals surface area contributed by atoms with Crippen LogP contribution in [0.3, 0.4) is 0 Å². The molecule has 0 radical (unpaired) electrons. The van der Waals surface area contributed by atoms with Crippen molar-refractivity contribution in [2.75, 3.05) is 13.7 Å². The summed E-state index contributed by atoms with van der Waals surface area (Å²) in [5, 5.41) is 2.16. The molecule has 0 bridgehead atoms. The smallest absolute Gasteiger partial charge is 0.313 e. The van der Waals surface area contributed by atoms with Gasteiger partial charge in [0.15, 0.2) is 0 Å². The van der Waals surface area contributed by atoms with Gasteiger partial charge in [0.05, 0.1) is 26.4 Å². The fourth-order valence-electron chi connectivity index (χ4n) is 5.28. The van der Waals surface area contributed by atoms with E-state index in [-0.39, 0.29) is 23.7 Å². The number of rotatable bonds is 11. The Morgan fingerprint density at radius 1 is 0.897 bits per heavy atom. The molecule has 206 valence electrons. The third-order valence-corrected chi connectivity index (χ3v) is 12.2. The average molecular weight is 547 g/mol. The van der Waals surface area contributed by atoms with Crippen LogP contribution in [-0.2, 0) is 30.1 Å². The van der Waals surface area contributed by atoms with Crippen LogP contribution in [0, 0.1) is 0 Å². The molecule has 1 aliphatic rings. The lowest BCUT2D eigenvalue weighted by molar-refractivity contribution is -0.160. The van der Waals surface area contributed by atoms with Crippen molar-refractivity contribution < 1.29 is 28.2 Å². The molecule has 0 spiro atoms. The van der Waals surface area contributed by atoms with Crippen LogP contribution < -0.4 is 15.1 Å². The van der Waals surface area contributed by atoms with Gasteiger partial charge in [-0.2, -0.15) is 0 Å². The van der Waals surface area contributed by atoms with Crippen molar-refractivity contribution in [3.05, 3.63) is 90.5 Å². The highest BCUT2D eigenvalue weighted by molar-refractivity contribution is 6.99. The minimum atomic E-state index is -2.80. The zero-order valence-corrected chi connectivity index (χ0v) is 24.2.